The van der Waals surface area contributed by atoms with Crippen LogP contribution in [0.2, 0.25) is 5.02 Å². The Labute approximate surface area is 191 Å². The van der Waals surface area contributed by atoms with Gasteiger partial charge in [0.15, 0.2) is 5.69 Å². The third kappa shape index (κ3) is 3.90. The summed E-state index contributed by atoms with van der Waals surface area (Å²) in [7, 11) is 0. The summed E-state index contributed by atoms with van der Waals surface area (Å²) in [6.45, 7) is 1.80. The number of anilines is 1. The van der Waals surface area contributed by atoms with Gasteiger partial charge in [-0.2, -0.15) is 23.4 Å². The Hall–Kier alpha value is -3.21. The normalized spacial score (nSPS) is 22.1. The molecule has 8 nitrogen and oxygen atoms in total. The number of fused-ring (bicyclic) bond motifs is 2. The molecule has 12 heteroatoms. The van der Waals surface area contributed by atoms with E-state index in [1.807, 2.05) is 4.90 Å². The maximum absolute atomic E-state index is 13.6. The molecule has 2 aliphatic rings. The van der Waals surface area contributed by atoms with Crippen LogP contribution in [0, 0.1) is 6.92 Å². The molecule has 2 aliphatic heterocycles. The van der Waals surface area contributed by atoms with Gasteiger partial charge in [-0.3, -0.25) is 4.79 Å². The topological polar surface area (TPSA) is 88.8 Å². The van der Waals surface area contributed by atoms with E-state index in [4.69, 9.17) is 11.6 Å². The second-order valence-corrected chi connectivity index (χ2v) is 8.60. The van der Waals surface area contributed by atoms with Gasteiger partial charge in [-0.1, -0.05) is 11.6 Å². The molecule has 1 N–H and O–H groups in total. The molecule has 1 amide bonds. The van der Waals surface area contributed by atoms with Gasteiger partial charge in [0, 0.05) is 24.0 Å². The Morgan fingerprint density at radius 2 is 1.97 bits per heavy atom. The van der Waals surface area contributed by atoms with Crippen molar-refractivity contribution in [1.82, 2.24) is 29.9 Å². The summed E-state index contributed by atoms with van der Waals surface area (Å²) in [5.74, 6) is -0.0565. The zero-order valence-corrected chi connectivity index (χ0v) is 18.2. The number of nitrogens with zero attached hydrogens (tertiary/aromatic N) is 6. The largest absolute Gasteiger partial charge is 0.417 e. The first-order chi connectivity index (χ1) is 15.7. The van der Waals surface area contributed by atoms with Crippen LogP contribution in [0.3, 0.4) is 0 Å². The highest BCUT2D eigenvalue weighted by Gasteiger charge is 2.49. The molecule has 3 aromatic heterocycles. The van der Waals surface area contributed by atoms with E-state index in [0.29, 0.717) is 17.8 Å². The molecule has 0 aliphatic carbocycles. The van der Waals surface area contributed by atoms with Gasteiger partial charge in [0.2, 0.25) is 0 Å². The van der Waals surface area contributed by atoms with E-state index in [1.54, 1.807) is 19.1 Å². The van der Waals surface area contributed by atoms with Gasteiger partial charge in [0.1, 0.15) is 11.5 Å². The molecule has 2 fully saturated rings. The number of aryl methyl sites for hydroxylation is 1. The van der Waals surface area contributed by atoms with Gasteiger partial charge >= 0.3 is 6.18 Å². The maximum Gasteiger partial charge on any atom is 0.417 e. The zero-order chi connectivity index (χ0) is 23.3. The second kappa shape index (κ2) is 7.98. The van der Waals surface area contributed by atoms with Crippen molar-refractivity contribution in [3.05, 3.63) is 58.8 Å². The molecule has 2 saturated heterocycles. The van der Waals surface area contributed by atoms with E-state index in [2.05, 4.69) is 25.5 Å². The SMILES string of the molecule is Cc1ccc(-n2nccn2)c(C(=O)N2C3CCC2C(Nc2ncc(C(F)(F)F)cc2Cl)C3)n1. The first-order valence-corrected chi connectivity index (χ1v) is 10.8. The van der Waals surface area contributed by atoms with E-state index in [1.165, 1.54) is 17.2 Å². The summed E-state index contributed by atoms with van der Waals surface area (Å²) in [5, 5.41) is 11.3. The number of carbonyl (C=O) groups is 1. The van der Waals surface area contributed by atoms with Gasteiger partial charge in [0.25, 0.3) is 5.91 Å². The van der Waals surface area contributed by atoms with Gasteiger partial charge in [-0.05, 0) is 44.4 Å². The van der Waals surface area contributed by atoms with E-state index in [9.17, 15) is 18.0 Å². The second-order valence-electron chi connectivity index (χ2n) is 8.19. The molecule has 5 heterocycles. The monoisotopic (exact) mass is 477 g/mol. The van der Waals surface area contributed by atoms with E-state index in [-0.39, 0.29) is 40.6 Å². The Bertz CT molecular complexity index is 1200. The van der Waals surface area contributed by atoms with Crippen molar-refractivity contribution in [3.63, 3.8) is 0 Å². The van der Waals surface area contributed by atoms with E-state index < -0.39 is 11.7 Å². The first-order valence-electron chi connectivity index (χ1n) is 10.4. The number of pyridine rings is 2. The molecular weight excluding hydrogens is 459 g/mol. The van der Waals surface area contributed by atoms with Crippen molar-refractivity contribution >= 4 is 23.3 Å². The van der Waals surface area contributed by atoms with Crippen molar-refractivity contribution < 1.29 is 18.0 Å². The van der Waals surface area contributed by atoms with Crippen LogP contribution in [-0.4, -0.2) is 53.9 Å². The quantitative estimate of drug-likeness (QED) is 0.613. The summed E-state index contributed by atoms with van der Waals surface area (Å²) in [4.78, 5) is 25.1. The number of carbonyl (C=O) groups excluding carboxylic acids is 1. The predicted molar refractivity (Wildman–Crippen MR) is 113 cm³/mol. The van der Waals surface area contributed by atoms with Crippen LogP contribution in [0.4, 0.5) is 19.0 Å². The lowest BCUT2D eigenvalue weighted by atomic mass is 9.95. The van der Waals surface area contributed by atoms with Gasteiger partial charge in [-0.15, -0.1) is 4.80 Å². The molecule has 3 atom stereocenters. The van der Waals surface area contributed by atoms with Crippen molar-refractivity contribution in [2.24, 2.45) is 0 Å². The van der Waals surface area contributed by atoms with E-state index >= 15 is 0 Å². The van der Waals surface area contributed by atoms with Gasteiger partial charge in [0.05, 0.1) is 29.0 Å². The molecule has 5 rings (SSSR count). The van der Waals surface area contributed by atoms with Crippen LogP contribution in [0.1, 0.15) is 41.0 Å². The zero-order valence-electron chi connectivity index (χ0n) is 17.4. The predicted octanol–water partition coefficient (Wildman–Crippen LogP) is 3.90. The Kier molecular flexibility index (Phi) is 5.23. The highest BCUT2D eigenvalue weighted by Crippen LogP contribution is 2.41. The third-order valence-electron chi connectivity index (χ3n) is 6.11. The van der Waals surface area contributed by atoms with Crippen LogP contribution >= 0.6 is 11.6 Å². The van der Waals surface area contributed by atoms with Crippen LogP contribution < -0.4 is 5.32 Å². The minimum atomic E-state index is -4.52. The van der Waals surface area contributed by atoms with Gasteiger partial charge < -0.3 is 10.2 Å². The summed E-state index contributed by atoms with van der Waals surface area (Å²) in [6.07, 6.45) is 1.51. The van der Waals surface area contributed by atoms with Crippen molar-refractivity contribution in [1.29, 1.82) is 0 Å². The molecule has 0 aromatic carbocycles. The summed E-state index contributed by atoms with van der Waals surface area (Å²) in [5.41, 5.74) is 0.526. The molecule has 0 spiro atoms. The van der Waals surface area contributed by atoms with Crippen LogP contribution in [0.5, 0.6) is 0 Å². The lowest BCUT2D eigenvalue weighted by molar-refractivity contribution is -0.137. The number of amides is 1. The standard InChI is InChI=1S/C21H19ClF3N7O/c1-11-2-4-17(32-27-6-7-28-32)18(29-11)20(33)31-13-3-5-16(31)15(9-13)30-19-14(22)8-12(10-26-19)21(23,24)25/h2,4,6-8,10,13,15-16H,3,5,9H2,1H3,(H,26,30). The number of alkyl halides is 3. The third-order valence-corrected chi connectivity index (χ3v) is 6.40. The van der Waals surface area contributed by atoms with E-state index in [0.717, 1.165) is 25.1 Å². The van der Waals surface area contributed by atoms with Crippen molar-refractivity contribution in [2.75, 3.05) is 5.32 Å². The fourth-order valence-corrected chi connectivity index (χ4v) is 4.89. The fourth-order valence-electron chi connectivity index (χ4n) is 4.67. The molecule has 33 heavy (non-hydrogen) atoms. The summed E-state index contributed by atoms with van der Waals surface area (Å²) < 4.78 is 38.7. The fraction of sp³-hybridized carbons (Fsp3) is 0.381. The maximum atomic E-state index is 13.6. The van der Waals surface area contributed by atoms with Gasteiger partial charge in [-0.25, -0.2) is 9.97 Å². The molecule has 3 unspecified atom stereocenters. The number of hydrogen-bond acceptors (Lipinski definition) is 6. The van der Waals surface area contributed by atoms with Crippen LogP contribution in [0.25, 0.3) is 5.69 Å². The number of rotatable bonds is 4. The minimum Gasteiger partial charge on any atom is -0.364 e. The minimum absolute atomic E-state index is 0.0195. The highest BCUT2D eigenvalue weighted by atomic mass is 35.5. The molecule has 172 valence electrons. The molecule has 2 bridgehead atoms. The summed E-state index contributed by atoms with van der Waals surface area (Å²) >= 11 is 6.07. The molecule has 0 radical (unpaired) electrons. The van der Waals surface area contributed by atoms with Crippen LogP contribution in [0.15, 0.2) is 36.8 Å². The molecule has 3 aromatic rings. The van der Waals surface area contributed by atoms with Crippen LogP contribution in [-0.2, 0) is 6.18 Å². The lowest BCUT2D eigenvalue weighted by Gasteiger charge is -2.26. The summed E-state index contributed by atoms with van der Waals surface area (Å²) in [6, 6.07) is 4.03. The lowest BCUT2D eigenvalue weighted by Crippen LogP contribution is -2.40. The molecular formula is C21H19ClF3N7O. The Balaban J connectivity index is 1.40. The van der Waals surface area contributed by atoms with Crippen molar-refractivity contribution in [3.8, 4) is 5.69 Å². The number of hydrogen-bond donors (Lipinski definition) is 1. The number of aromatic nitrogens is 5. The molecule has 0 saturated carbocycles. The number of nitrogens with one attached hydrogen (secondary N) is 1. The average molecular weight is 478 g/mol. The highest BCUT2D eigenvalue weighted by molar-refractivity contribution is 6.33. The first kappa shape index (κ1) is 21.6. The van der Waals surface area contributed by atoms with Crippen molar-refractivity contribution in [2.45, 2.75) is 50.5 Å². The smallest absolute Gasteiger partial charge is 0.364 e. The Morgan fingerprint density at radius 1 is 1.21 bits per heavy atom. The number of halogens is 4. The average Bonchev–Trinajstić information content (AvgIpc) is 3.50. The Morgan fingerprint density at radius 3 is 2.67 bits per heavy atom.